The SMILES string of the molecule is CCc1cccc2c(CCNC(=NC)NC3CCN(Cc4ccccn4)CC3)c[nH]c12.I. The zero-order chi connectivity index (χ0) is 21.5. The van der Waals surface area contributed by atoms with E-state index in [9.17, 15) is 0 Å². The first-order valence-corrected chi connectivity index (χ1v) is 11.4. The fourth-order valence-corrected chi connectivity index (χ4v) is 4.44. The van der Waals surface area contributed by atoms with E-state index in [0.717, 1.165) is 63.5 Å². The van der Waals surface area contributed by atoms with Crippen LogP contribution in [-0.2, 0) is 19.4 Å². The number of rotatable bonds is 7. The third-order valence-corrected chi connectivity index (χ3v) is 6.22. The lowest BCUT2D eigenvalue weighted by Crippen LogP contribution is -2.48. The fraction of sp³-hybridized carbons (Fsp3) is 0.440. The van der Waals surface area contributed by atoms with Crippen LogP contribution in [0.3, 0.4) is 0 Å². The third kappa shape index (κ3) is 6.22. The maximum absolute atomic E-state index is 4.45. The predicted molar refractivity (Wildman–Crippen MR) is 144 cm³/mol. The molecule has 6 nitrogen and oxygen atoms in total. The van der Waals surface area contributed by atoms with Gasteiger partial charge in [-0.25, -0.2) is 0 Å². The molecule has 0 amide bonds. The summed E-state index contributed by atoms with van der Waals surface area (Å²) in [7, 11) is 1.85. The molecule has 0 spiro atoms. The summed E-state index contributed by atoms with van der Waals surface area (Å²) in [6.07, 6.45) is 8.28. The van der Waals surface area contributed by atoms with Crippen molar-refractivity contribution in [2.75, 3.05) is 26.7 Å². The van der Waals surface area contributed by atoms with Crippen LogP contribution in [0, 0.1) is 0 Å². The molecule has 1 fully saturated rings. The highest BCUT2D eigenvalue weighted by atomic mass is 127. The first kappa shape index (κ1) is 24.5. The number of benzene rings is 1. The number of guanidine groups is 1. The van der Waals surface area contributed by atoms with Gasteiger partial charge in [-0.05, 0) is 48.9 Å². The van der Waals surface area contributed by atoms with Crippen molar-refractivity contribution in [3.8, 4) is 0 Å². The number of para-hydroxylation sites is 1. The second-order valence-electron chi connectivity index (χ2n) is 8.27. The number of aromatic amines is 1. The zero-order valence-corrected chi connectivity index (χ0v) is 21.4. The molecule has 172 valence electrons. The molecule has 1 aliphatic rings. The Morgan fingerprint density at radius 3 is 2.72 bits per heavy atom. The minimum Gasteiger partial charge on any atom is -0.361 e. The normalized spacial score (nSPS) is 15.5. The third-order valence-electron chi connectivity index (χ3n) is 6.22. The van der Waals surface area contributed by atoms with Crippen molar-refractivity contribution >= 4 is 40.8 Å². The summed E-state index contributed by atoms with van der Waals surface area (Å²) in [5.41, 5.74) is 5.16. The number of hydrogen-bond acceptors (Lipinski definition) is 3. The molecule has 2 aromatic heterocycles. The Kier molecular flexibility index (Phi) is 9.35. The number of aliphatic imine (C=N–C) groups is 1. The molecule has 7 heteroatoms. The van der Waals surface area contributed by atoms with E-state index < -0.39 is 0 Å². The van der Waals surface area contributed by atoms with Crippen LogP contribution in [0.25, 0.3) is 10.9 Å². The highest BCUT2D eigenvalue weighted by Crippen LogP contribution is 2.22. The molecule has 3 aromatic rings. The van der Waals surface area contributed by atoms with E-state index in [1.54, 1.807) is 0 Å². The van der Waals surface area contributed by atoms with Crippen LogP contribution in [0.1, 0.15) is 36.6 Å². The van der Waals surface area contributed by atoms with E-state index in [1.807, 2.05) is 19.3 Å². The number of aryl methyl sites for hydroxylation is 1. The smallest absolute Gasteiger partial charge is 0.191 e. The minimum absolute atomic E-state index is 0. The van der Waals surface area contributed by atoms with Gasteiger partial charge < -0.3 is 15.6 Å². The molecular weight excluding hydrogens is 511 g/mol. The Balaban J connectivity index is 0.00000289. The molecule has 4 rings (SSSR count). The summed E-state index contributed by atoms with van der Waals surface area (Å²) in [5, 5.41) is 8.45. The fourth-order valence-electron chi connectivity index (χ4n) is 4.44. The number of likely N-dealkylation sites (tertiary alicyclic amines) is 1. The Bertz CT molecular complexity index is 992. The summed E-state index contributed by atoms with van der Waals surface area (Å²) in [6, 6.07) is 13.2. The van der Waals surface area contributed by atoms with Crippen LogP contribution in [-0.4, -0.2) is 53.6 Å². The van der Waals surface area contributed by atoms with Gasteiger partial charge in [0.2, 0.25) is 0 Å². The minimum atomic E-state index is 0. The molecule has 1 aliphatic heterocycles. The van der Waals surface area contributed by atoms with Gasteiger partial charge >= 0.3 is 0 Å². The number of H-pyrrole nitrogens is 1. The van der Waals surface area contributed by atoms with E-state index in [1.165, 1.54) is 22.0 Å². The summed E-state index contributed by atoms with van der Waals surface area (Å²) < 4.78 is 0. The van der Waals surface area contributed by atoms with Gasteiger partial charge in [-0.1, -0.05) is 31.2 Å². The standard InChI is InChI=1S/C25H34N6.HI/c1-3-19-7-6-9-23-20(17-29-24(19)23)10-14-28-25(26-2)30-21-11-15-31(16-12-21)18-22-8-4-5-13-27-22;/h4-9,13,17,21,29H,3,10-12,14-16,18H2,1-2H3,(H2,26,28,30);1H. The number of aromatic nitrogens is 2. The van der Waals surface area contributed by atoms with Crippen molar-refractivity contribution < 1.29 is 0 Å². The number of hydrogen-bond donors (Lipinski definition) is 3. The van der Waals surface area contributed by atoms with Crippen molar-refractivity contribution in [3.63, 3.8) is 0 Å². The van der Waals surface area contributed by atoms with E-state index in [0.29, 0.717) is 6.04 Å². The van der Waals surface area contributed by atoms with Crippen molar-refractivity contribution in [3.05, 3.63) is 65.6 Å². The van der Waals surface area contributed by atoms with Crippen molar-refractivity contribution in [1.29, 1.82) is 0 Å². The van der Waals surface area contributed by atoms with Gasteiger partial charge in [-0.3, -0.25) is 14.9 Å². The van der Waals surface area contributed by atoms with Crippen LogP contribution in [0.2, 0.25) is 0 Å². The number of pyridine rings is 1. The van der Waals surface area contributed by atoms with E-state index >= 15 is 0 Å². The molecule has 3 heterocycles. The Morgan fingerprint density at radius 1 is 1.16 bits per heavy atom. The van der Waals surface area contributed by atoms with Crippen LogP contribution >= 0.6 is 24.0 Å². The molecule has 0 atom stereocenters. The van der Waals surface area contributed by atoms with Crippen molar-refractivity contribution in [2.24, 2.45) is 4.99 Å². The predicted octanol–water partition coefficient (Wildman–Crippen LogP) is 4.12. The van der Waals surface area contributed by atoms with Crippen LogP contribution in [0.5, 0.6) is 0 Å². The maximum Gasteiger partial charge on any atom is 0.191 e. The molecule has 1 aromatic carbocycles. The lowest BCUT2D eigenvalue weighted by molar-refractivity contribution is 0.196. The van der Waals surface area contributed by atoms with Gasteiger partial charge in [-0.2, -0.15) is 0 Å². The first-order chi connectivity index (χ1) is 15.3. The van der Waals surface area contributed by atoms with Gasteiger partial charge in [0.25, 0.3) is 0 Å². The zero-order valence-electron chi connectivity index (χ0n) is 19.1. The Labute approximate surface area is 208 Å². The second kappa shape index (κ2) is 12.2. The van der Waals surface area contributed by atoms with Crippen LogP contribution < -0.4 is 10.6 Å². The van der Waals surface area contributed by atoms with Crippen molar-refractivity contribution in [2.45, 2.75) is 45.2 Å². The summed E-state index contributed by atoms with van der Waals surface area (Å²) in [4.78, 5) is 14.8. The van der Waals surface area contributed by atoms with Gasteiger partial charge in [0.15, 0.2) is 5.96 Å². The number of piperidine rings is 1. The Hall–Kier alpha value is -2.13. The first-order valence-electron chi connectivity index (χ1n) is 11.4. The van der Waals surface area contributed by atoms with Gasteiger partial charge in [0, 0.05) is 62.6 Å². The second-order valence-corrected chi connectivity index (χ2v) is 8.27. The molecule has 0 bridgehead atoms. The maximum atomic E-state index is 4.45. The number of nitrogens with one attached hydrogen (secondary N) is 3. The average molecular weight is 547 g/mol. The van der Waals surface area contributed by atoms with E-state index in [-0.39, 0.29) is 24.0 Å². The van der Waals surface area contributed by atoms with Gasteiger partial charge in [0.1, 0.15) is 0 Å². The van der Waals surface area contributed by atoms with Gasteiger partial charge in [0.05, 0.1) is 5.69 Å². The lowest BCUT2D eigenvalue weighted by Gasteiger charge is -2.32. The van der Waals surface area contributed by atoms with Crippen molar-refractivity contribution in [1.82, 2.24) is 25.5 Å². The molecular formula is C25H35IN6. The highest BCUT2D eigenvalue weighted by Gasteiger charge is 2.20. The van der Waals surface area contributed by atoms with E-state index in [2.05, 4.69) is 73.9 Å². The van der Waals surface area contributed by atoms with Gasteiger partial charge in [-0.15, -0.1) is 24.0 Å². The molecule has 1 saturated heterocycles. The largest absolute Gasteiger partial charge is 0.361 e. The molecule has 0 unspecified atom stereocenters. The molecule has 32 heavy (non-hydrogen) atoms. The number of nitrogens with zero attached hydrogens (tertiary/aromatic N) is 3. The van der Waals surface area contributed by atoms with E-state index in [4.69, 9.17) is 0 Å². The summed E-state index contributed by atoms with van der Waals surface area (Å²) >= 11 is 0. The lowest BCUT2D eigenvalue weighted by atomic mass is 10.0. The van der Waals surface area contributed by atoms with Crippen LogP contribution in [0.15, 0.2) is 53.8 Å². The number of fused-ring (bicyclic) bond motifs is 1. The molecule has 0 aliphatic carbocycles. The van der Waals surface area contributed by atoms with Crippen LogP contribution in [0.4, 0.5) is 0 Å². The average Bonchev–Trinajstić information content (AvgIpc) is 3.23. The monoisotopic (exact) mass is 546 g/mol. The summed E-state index contributed by atoms with van der Waals surface area (Å²) in [5.74, 6) is 0.900. The number of halogens is 1. The quantitative estimate of drug-likeness (QED) is 0.237. The highest BCUT2D eigenvalue weighted by molar-refractivity contribution is 14.0. The topological polar surface area (TPSA) is 68.3 Å². The molecule has 3 N–H and O–H groups in total. The molecule has 0 radical (unpaired) electrons. The summed E-state index contributed by atoms with van der Waals surface area (Å²) in [6.45, 7) is 6.17. The molecule has 0 saturated carbocycles. The Morgan fingerprint density at radius 2 is 2.00 bits per heavy atom.